The molecule has 2 fully saturated rings. The van der Waals surface area contributed by atoms with Crippen molar-refractivity contribution in [1.29, 1.82) is 0 Å². The molecule has 3 aliphatic rings. The van der Waals surface area contributed by atoms with Crippen molar-refractivity contribution in [3.63, 3.8) is 0 Å². The Bertz CT molecular complexity index is 1130. The van der Waals surface area contributed by atoms with Gasteiger partial charge in [0.25, 0.3) is 5.91 Å². The second-order valence-electron chi connectivity index (χ2n) is 11.2. The van der Waals surface area contributed by atoms with Crippen molar-refractivity contribution >= 4 is 28.6 Å². The summed E-state index contributed by atoms with van der Waals surface area (Å²) in [5.74, 6) is 1.55. The summed E-state index contributed by atoms with van der Waals surface area (Å²) >= 11 is 0. The van der Waals surface area contributed by atoms with Crippen LogP contribution in [0.25, 0.3) is 10.8 Å². The van der Waals surface area contributed by atoms with Gasteiger partial charge in [0.15, 0.2) is 11.5 Å². The van der Waals surface area contributed by atoms with Crippen LogP contribution in [0.3, 0.4) is 0 Å². The number of carbonyl (C=O) groups is 1. The van der Waals surface area contributed by atoms with Crippen LogP contribution in [0.5, 0.6) is 11.5 Å². The predicted molar refractivity (Wildman–Crippen MR) is 154 cm³/mol. The summed E-state index contributed by atoms with van der Waals surface area (Å²) in [5.41, 5.74) is 1.42. The molecule has 3 aliphatic heterocycles. The number of hydrogen-bond donors (Lipinski definition) is 0. The van der Waals surface area contributed by atoms with Crippen molar-refractivity contribution in [3.8, 4) is 11.5 Å². The summed E-state index contributed by atoms with van der Waals surface area (Å²) in [6.07, 6.45) is 12.8. The van der Waals surface area contributed by atoms with Gasteiger partial charge in [0.1, 0.15) is 0 Å². The minimum atomic E-state index is 0.0798. The lowest BCUT2D eigenvalue weighted by molar-refractivity contribution is 0.0775. The van der Waals surface area contributed by atoms with Crippen molar-refractivity contribution < 1.29 is 14.3 Å². The van der Waals surface area contributed by atoms with E-state index < -0.39 is 0 Å². The van der Waals surface area contributed by atoms with Crippen molar-refractivity contribution in [2.45, 2.75) is 63.8 Å². The third kappa shape index (κ3) is 6.49. The summed E-state index contributed by atoms with van der Waals surface area (Å²) in [7, 11) is 3.89. The van der Waals surface area contributed by atoms with Crippen LogP contribution < -0.4 is 9.47 Å². The number of likely N-dealkylation sites (N-methyl/N-ethyl adjacent to an activating group) is 1. The van der Waals surface area contributed by atoms with Gasteiger partial charge in [-0.2, -0.15) is 0 Å². The molecule has 0 aromatic heterocycles. The standard InChI is InChI=1S/C31H44N4O3/c1-33-14-16-34(17-15-33)12-8-6-4-3-5-7-9-18-38-30-22-25-20-28-27(19-24(25)21-29(30)37-2)31(36)35-13-10-11-26(35)23-32-28/h19-23,26H,3-18H2,1-2H3/t26-/m0/s1. The van der Waals surface area contributed by atoms with E-state index in [0.717, 1.165) is 48.0 Å². The third-order valence-electron chi connectivity index (χ3n) is 8.39. The summed E-state index contributed by atoms with van der Waals surface area (Å²) in [4.78, 5) is 24.8. The van der Waals surface area contributed by atoms with Gasteiger partial charge in [-0.25, -0.2) is 0 Å². The number of carbonyl (C=O) groups excluding carboxylic acids is 1. The molecule has 0 aliphatic carbocycles. The Kier molecular flexibility index (Phi) is 9.18. The largest absolute Gasteiger partial charge is 0.493 e. The fourth-order valence-electron chi connectivity index (χ4n) is 5.94. The Hall–Kier alpha value is -2.64. The van der Waals surface area contributed by atoms with E-state index in [1.807, 2.05) is 35.4 Å². The number of nitrogens with zero attached hydrogens (tertiary/aromatic N) is 4. The Labute approximate surface area is 227 Å². The van der Waals surface area contributed by atoms with Crippen LogP contribution in [0.15, 0.2) is 29.3 Å². The van der Waals surface area contributed by atoms with E-state index in [-0.39, 0.29) is 11.9 Å². The topological polar surface area (TPSA) is 57.6 Å². The van der Waals surface area contributed by atoms with Crippen molar-refractivity contribution in [1.82, 2.24) is 14.7 Å². The van der Waals surface area contributed by atoms with Crippen LogP contribution in [0.1, 0.15) is 68.1 Å². The van der Waals surface area contributed by atoms with Gasteiger partial charge in [0.05, 0.1) is 31.0 Å². The number of unbranched alkanes of at least 4 members (excludes halogenated alkanes) is 6. The number of hydrogen-bond acceptors (Lipinski definition) is 6. The van der Waals surface area contributed by atoms with Gasteiger partial charge in [-0.3, -0.25) is 9.79 Å². The van der Waals surface area contributed by atoms with Gasteiger partial charge < -0.3 is 24.2 Å². The van der Waals surface area contributed by atoms with E-state index in [0.29, 0.717) is 17.9 Å². The second kappa shape index (κ2) is 12.9. The van der Waals surface area contributed by atoms with Gasteiger partial charge >= 0.3 is 0 Å². The first kappa shape index (κ1) is 26.9. The molecule has 38 heavy (non-hydrogen) atoms. The van der Waals surface area contributed by atoms with E-state index in [4.69, 9.17) is 9.47 Å². The Morgan fingerprint density at radius 2 is 1.58 bits per heavy atom. The van der Waals surface area contributed by atoms with Gasteiger partial charge in [0, 0.05) is 38.9 Å². The van der Waals surface area contributed by atoms with E-state index in [9.17, 15) is 4.79 Å². The molecule has 206 valence electrons. The van der Waals surface area contributed by atoms with E-state index in [2.05, 4.69) is 21.8 Å². The molecular weight excluding hydrogens is 476 g/mol. The van der Waals surface area contributed by atoms with Crippen molar-refractivity contribution in [2.75, 3.05) is 60.0 Å². The molecule has 5 rings (SSSR count). The molecule has 1 amide bonds. The van der Waals surface area contributed by atoms with Crippen LogP contribution in [0.4, 0.5) is 5.69 Å². The maximum Gasteiger partial charge on any atom is 0.256 e. The van der Waals surface area contributed by atoms with Gasteiger partial charge in [0.2, 0.25) is 0 Å². The minimum Gasteiger partial charge on any atom is -0.493 e. The van der Waals surface area contributed by atoms with E-state index in [1.54, 1.807) is 7.11 Å². The highest BCUT2D eigenvalue weighted by Gasteiger charge is 2.31. The number of ether oxygens (including phenoxy) is 2. The van der Waals surface area contributed by atoms with Crippen LogP contribution in [-0.2, 0) is 0 Å². The van der Waals surface area contributed by atoms with E-state index in [1.165, 1.54) is 71.2 Å². The summed E-state index contributed by atoms with van der Waals surface area (Å²) < 4.78 is 11.8. The first-order valence-electron chi connectivity index (χ1n) is 14.7. The molecule has 2 aromatic carbocycles. The monoisotopic (exact) mass is 520 g/mol. The normalized spacial score (nSPS) is 20.0. The first-order chi connectivity index (χ1) is 18.6. The van der Waals surface area contributed by atoms with E-state index >= 15 is 0 Å². The van der Waals surface area contributed by atoms with Crippen molar-refractivity contribution in [3.05, 3.63) is 29.8 Å². The lowest BCUT2D eigenvalue weighted by Crippen LogP contribution is -2.44. The zero-order chi connectivity index (χ0) is 26.3. The molecule has 0 N–H and O–H groups in total. The molecule has 0 radical (unpaired) electrons. The summed E-state index contributed by atoms with van der Waals surface area (Å²) in [6, 6.07) is 8.10. The number of piperazine rings is 1. The van der Waals surface area contributed by atoms with Gasteiger partial charge in [-0.1, -0.05) is 32.1 Å². The lowest BCUT2D eigenvalue weighted by Gasteiger charge is -2.32. The van der Waals surface area contributed by atoms with Crippen LogP contribution in [0, 0.1) is 0 Å². The quantitative estimate of drug-likeness (QED) is 0.345. The number of benzene rings is 2. The van der Waals surface area contributed by atoms with Crippen molar-refractivity contribution in [2.24, 2.45) is 4.99 Å². The fraction of sp³-hybridized carbons (Fsp3) is 0.613. The number of amides is 1. The Morgan fingerprint density at radius 3 is 2.37 bits per heavy atom. The van der Waals surface area contributed by atoms with Crippen LogP contribution in [0.2, 0.25) is 0 Å². The van der Waals surface area contributed by atoms with Gasteiger partial charge in [-0.05, 0) is 74.3 Å². The average molecular weight is 521 g/mol. The van der Waals surface area contributed by atoms with Crippen LogP contribution >= 0.6 is 0 Å². The highest BCUT2D eigenvalue weighted by atomic mass is 16.5. The smallest absolute Gasteiger partial charge is 0.256 e. The maximum absolute atomic E-state index is 13.1. The molecule has 0 unspecified atom stereocenters. The predicted octanol–water partition coefficient (Wildman–Crippen LogP) is 5.53. The molecule has 2 aromatic rings. The first-order valence-corrected chi connectivity index (χ1v) is 14.7. The molecule has 0 bridgehead atoms. The summed E-state index contributed by atoms with van der Waals surface area (Å²) in [6.45, 7) is 7.64. The third-order valence-corrected chi connectivity index (χ3v) is 8.39. The highest BCUT2D eigenvalue weighted by Crippen LogP contribution is 2.37. The minimum absolute atomic E-state index is 0.0798. The maximum atomic E-state index is 13.1. The molecule has 1 atom stereocenters. The Morgan fingerprint density at radius 1 is 0.868 bits per heavy atom. The number of methoxy groups -OCH3 is 1. The molecular formula is C31H44N4O3. The molecule has 2 saturated heterocycles. The zero-order valence-electron chi connectivity index (χ0n) is 23.3. The zero-order valence-corrected chi connectivity index (χ0v) is 23.3. The highest BCUT2D eigenvalue weighted by molar-refractivity contribution is 6.07. The number of fused-ring (bicyclic) bond motifs is 3. The van der Waals surface area contributed by atoms with Gasteiger partial charge in [-0.15, -0.1) is 0 Å². The number of aliphatic imine (C=N–C) groups is 1. The molecule has 3 heterocycles. The lowest BCUT2D eigenvalue weighted by atomic mass is 10.0. The molecule has 0 saturated carbocycles. The fourth-order valence-corrected chi connectivity index (χ4v) is 5.94. The molecule has 7 heteroatoms. The van der Waals surface area contributed by atoms with Crippen LogP contribution in [-0.4, -0.2) is 92.9 Å². The SMILES string of the molecule is COc1cc2cc3c(cc2cc1OCCCCCCCCCN1CCN(C)CC1)N=C[C@@H]1CCCN1C3=O. The molecule has 7 nitrogen and oxygen atoms in total. The molecule has 0 spiro atoms. The summed E-state index contributed by atoms with van der Waals surface area (Å²) in [5, 5.41) is 1.99. The number of rotatable bonds is 12. The average Bonchev–Trinajstić information content (AvgIpc) is 3.36. The second-order valence-corrected chi connectivity index (χ2v) is 11.2. The Balaban J connectivity index is 1.06.